The molecule has 20 heteroatoms. The minimum atomic E-state index is -3.90. The summed E-state index contributed by atoms with van der Waals surface area (Å²) in [5.41, 5.74) is 4.27. The van der Waals surface area contributed by atoms with E-state index in [1.54, 1.807) is 48.6 Å². The zero-order valence-corrected chi connectivity index (χ0v) is 37.2. The molecule has 0 radical (unpaired) electrons. The molecule has 0 fully saturated rings. The summed E-state index contributed by atoms with van der Waals surface area (Å²) in [7, 11) is 2.54. The third-order valence-corrected chi connectivity index (χ3v) is 12.3. The molecule has 3 aromatic heterocycles. The van der Waals surface area contributed by atoms with E-state index in [1.165, 1.54) is 33.7 Å². The number of amides is 2. The maximum atomic E-state index is 13.8. The van der Waals surface area contributed by atoms with Crippen molar-refractivity contribution in [2.45, 2.75) is 88.5 Å². The summed E-state index contributed by atoms with van der Waals surface area (Å²) in [4.78, 5) is 68.1. The van der Waals surface area contributed by atoms with Crippen LogP contribution < -0.4 is 26.2 Å². The second-order valence-electron chi connectivity index (χ2n) is 14.6. The fourth-order valence-corrected chi connectivity index (χ4v) is 8.36. The van der Waals surface area contributed by atoms with E-state index in [0.29, 0.717) is 35.8 Å². The molecule has 61 heavy (non-hydrogen) atoms. The molecule has 4 aromatic rings. The smallest absolute Gasteiger partial charge is 0.329 e. The number of thioether (sulfide) groups is 1. The summed E-state index contributed by atoms with van der Waals surface area (Å²) in [6.45, 7) is 4.11. The molecule has 0 aliphatic heterocycles. The number of carbonyl (C=O) groups is 4. The van der Waals surface area contributed by atoms with Crippen LogP contribution in [-0.2, 0) is 64.6 Å². The Morgan fingerprint density at radius 3 is 2.16 bits per heavy atom. The fourth-order valence-electron chi connectivity index (χ4n) is 6.18. The highest BCUT2D eigenvalue weighted by molar-refractivity contribution is 7.99. The van der Waals surface area contributed by atoms with Gasteiger partial charge in [-0.2, -0.15) is 11.8 Å². The topological polar surface area (TPSA) is 232 Å². The van der Waals surface area contributed by atoms with Crippen molar-refractivity contribution in [2.75, 3.05) is 51.3 Å². The number of methoxy groups -OCH3 is 2. The van der Waals surface area contributed by atoms with Gasteiger partial charge in [-0.3, -0.25) is 30.0 Å². The van der Waals surface area contributed by atoms with Gasteiger partial charge in [0.05, 0.1) is 48.6 Å². The standard InChI is InChI=1S/C41H58N10O8S2/c1-28-11-13-35(14-12-28)61(56,57)51-24-33(47-27-51)20-36(39(53)43-15-9-7-8-10-16-60-25-38(41(55)59-6)48-29(2)52)44-22-31-17-34(50(3)4)18-32(49-31)23-45-37(40(54)58-5)19-30-21-42-26-46-30/h11-14,17-18,21,24,26-27,36-38,44-45H,7-10,15-16,19-20,22-23,25H2,1-6H3,(H,42,46)(H,43,53)(H,48,52)/t36-,37-,38+/m0/s1. The summed E-state index contributed by atoms with van der Waals surface area (Å²) < 4.78 is 37.6. The van der Waals surface area contributed by atoms with E-state index < -0.39 is 40.1 Å². The van der Waals surface area contributed by atoms with Crippen molar-refractivity contribution in [3.8, 4) is 0 Å². The van der Waals surface area contributed by atoms with Crippen molar-refractivity contribution < 1.29 is 37.1 Å². The highest BCUT2D eigenvalue weighted by Gasteiger charge is 2.24. The Balaban J connectivity index is 1.41. The Morgan fingerprint density at radius 2 is 1.54 bits per heavy atom. The first kappa shape index (κ1) is 48.4. The predicted molar refractivity (Wildman–Crippen MR) is 232 cm³/mol. The lowest BCUT2D eigenvalue weighted by atomic mass is 10.1. The Morgan fingerprint density at radius 1 is 0.885 bits per heavy atom. The van der Waals surface area contributed by atoms with Crippen molar-refractivity contribution >= 4 is 51.2 Å². The van der Waals surface area contributed by atoms with Gasteiger partial charge < -0.3 is 30.0 Å². The highest BCUT2D eigenvalue weighted by atomic mass is 32.2. The average molecular weight is 883 g/mol. The Hall–Kier alpha value is -5.31. The number of rotatable bonds is 26. The molecular formula is C41H58N10O8S2. The number of aromatic nitrogens is 5. The number of nitrogens with one attached hydrogen (secondary N) is 5. The molecular weight excluding hydrogens is 825 g/mol. The molecule has 0 aliphatic carbocycles. The van der Waals surface area contributed by atoms with Gasteiger partial charge in [0, 0.05) is 83.0 Å². The normalized spacial score (nSPS) is 12.9. The average Bonchev–Trinajstić information content (AvgIpc) is 3.95. The first-order valence-corrected chi connectivity index (χ1v) is 22.5. The van der Waals surface area contributed by atoms with Gasteiger partial charge in [0.1, 0.15) is 18.4 Å². The molecule has 4 rings (SSSR count). The molecule has 1 aromatic carbocycles. The molecule has 3 heterocycles. The van der Waals surface area contributed by atoms with Crippen LogP contribution in [0.2, 0.25) is 0 Å². The molecule has 18 nitrogen and oxygen atoms in total. The van der Waals surface area contributed by atoms with Gasteiger partial charge in [0.25, 0.3) is 10.0 Å². The summed E-state index contributed by atoms with van der Waals surface area (Å²) in [5.74, 6) is -0.247. The summed E-state index contributed by atoms with van der Waals surface area (Å²) >= 11 is 1.56. The quantitative estimate of drug-likeness (QED) is 0.0450. The Kier molecular flexibility index (Phi) is 19.2. The van der Waals surface area contributed by atoms with Crippen molar-refractivity contribution in [3.63, 3.8) is 0 Å². The maximum Gasteiger partial charge on any atom is 0.329 e. The van der Waals surface area contributed by atoms with E-state index in [0.717, 1.165) is 52.4 Å². The number of imidazole rings is 2. The van der Waals surface area contributed by atoms with Gasteiger partial charge in [-0.05, 0) is 49.8 Å². The van der Waals surface area contributed by atoms with Crippen molar-refractivity contribution in [3.05, 3.63) is 89.8 Å². The number of anilines is 1. The first-order chi connectivity index (χ1) is 29.2. The minimum absolute atomic E-state index is 0.0979. The minimum Gasteiger partial charge on any atom is -0.468 e. The van der Waals surface area contributed by atoms with Crippen LogP contribution in [0.4, 0.5) is 5.69 Å². The number of ether oxygens (including phenoxy) is 2. The predicted octanol–water partition coefficient (Wildman–Crippen LogP) is 2.27. The van der Waals surface area contributed by atoms with Gasteiger partial charge >= 0.3 is 11.9 Å². The van der Waals surface area contributed by atoms with Crippen LogP contribution in [0.1, 0.15) is 60.9 Å². The SMILES string of the molecule is COC(=O)[C@H](Cc1cnc[nH]1)NCc1cc(N(C)C)cc(CN[C@@H](Cc2cn(S(=O)(=O)c3ccc(C)cc3)cn2)C(=O)NCCCCCCSC[C@@H](NC(C)=O)C(=O)OC)n1. The van der Waals surface area contributed by atoms with Gasteiger partial charge in [-0.25, -0.2) is 27.2 Å². The zero-order chi connectivity index (χ0) is 44.4. The van der Waals surface area contributed by atoms with Gasteiger partial charge in [0.15, 0.2) is 0 Å². The number of H-pyrrole nitrogens is 1. The molecule has 0 saturated heterocycles. The fraction of sp³-hybridized carbons (Fsp3) is 0.488. The van der Waals surface area contributed by atoms with E-state index in [4.69, 9.17) is 14.5 Å². The first-order valence-electron chi connectivity index (χ1n) is 19.9. The number of aryl methyl sites for hydroxylation is 1. The summed E-state index contributed by atoms with van der Waals surface area (Å²) in [6.07, 6.45) is 9.71. The van der Waals surface area contributed by atoms with Gasteiger partial charge in [-0.1, -0.05) is 30.5 Å². The number of esters is 2. The number of benzene rings is 1. The number of unbranched alkanes of at least 4 members (excludes halogenated alkanes) is 3. The third kappa shape index (κ3) is 15.6. The molecule has 0 unspecified atom stereocenters. The van der Waals surface area contributed by atoms with Crippen LogP contribution in [-0.4, -0.2) is 121 Å². The molecule has 0 bridgehead atoms. The van der Waals surface area contributed by atoms with Crippen LogP contribution in [0.5, 0.6) is 0 Å². The van der Waals surface area contributed by atoms with Crippen molar-refractivity contribution in [1.82, 2.24) is 45.2 Å². The van der Waals surface area contributed by atoms with Crippen molar-refractivity contribution in [2.24, 2.45) is 0 Å². The summed E-state index contributed by atoms with van der Waals surface area (Å²) in [5, 5.41) is 12.2. The third-order valence-electron chi connectivity index (χ3n) is 9.56. The van der Waals surface area contributed by atoms with Crippen LogP contribution >= 0.6 is 11.8 Å². The number of hydrogen-bond acceptors (Lipinski definition) is 15. The van der Waals surface area contributed by atoms with Crippen LogP contribution in [0.25, 0.3) is 0 Å². The zero-order valence-electron chi connectivity index (χ0n) is 35.6. The molecule has 332 valence electrons. The number of aromatic amines is 1. The molecule has 5 N–H and O–H groups in total. The largest absolute Gasteiger partial charge is 0.468 e. The lowest BCUT2D eigenvalue weighted by molar-refractivity contribution is -0.144. The van der Waals surface area contributed by atoms with E-state index in [-0.39, 0.29) is 36.2 Å². The molecule has 0 aliphatic rings. The van der Waals surface area contributed by atoms with E-state index in [9.17, 15) is 27.6 Å². The van der Waals surface area contributed by atoms with Gasteiger partial charge in [-0.15, -0.1) is 0 Å². The van der Waals surface area contributed by atoms with Gasteiger partial charge in [0.2, 0.25) is 11.8 Å². The number of hydrogen-bond donors (Lipinski definition) is 5. The monoisotopic (exact) mass is 882 g/mol. The number of pyridine rings is 1. The second kappa shape index (κ2) is 24.2. The van der Waals surface area contributed by atoms with Crippen LogP contribution in [0.3, 0.4) is 0 Å². The lowest BCUT2D eigenvalue weighted by Crippen LogP contribution is -2.45. The maximum absolute atomic E-state index is 13.8. The lowest BCUT2D eigenvalue weighted by Gasteiger charge is -2.20. The molecule has 3 atom stereocenters. The number of carbonyl (C=O) groups excluding carboxylic acids is 4. The van der Waals surface area contributed by atoms with E-state index >= 15 is 0 Å². The van der Waals surface area contributed by atoms with Crippen LogP contribution in [0, 0.1) is 6.92 Å². The summed E-state index contributed by atoms with van der Waals surface area (Å²) in [6, 6.07) is 8.23. The number of nitrogens with zero attached hydrogens (tertiary/aromatic N) is 5. The molecule has 0 spiro atoms. The van der Waals surface area contributed by atoms with Crippen molar-refractivity contribution in [1.29, 1.82) is 0 Å². The van der Waals surface area contributed by atoms with Crippen LogP contribution in [0.15, 0.2) is 66.3 Å². The second-order valence-corrected chi connectivity index (χ2v) is 17.6. The van der Waals surface area contributed by atoms with E-state index in [2.05, 4.69) is 36.2 Å². The Labute approximate surface area is 361 Å². The molecule has 0 saturated carbocycles. The Bertz CT molecular complexity index is 2130. The van der Waals surface area contributed by atoms with E-state index in [1.807, 2.05) is 38.1 Å². The molecule has 2 amide bonds. The highest BCUT2D eigenvalue weighted by Crippen LogP contribution is 2.18.